The molecule has 0 aromatic heterocycles. The summed E-state index contributed by atoms with van der Waals surface area (Å²) < 4.78 is 0. The van der Waals surface area contributed by atoms with E-state index in [-0.39, 0.29) is 16.9 Å². The molecule has 0 saturated heterocycles. The van der Waals surface area contributed by atoms with Crippen molar-refractivity contribution in [2.24, 2.45) is 0 Å². The van der Waals surface area contributed by atoms with Crippen LogP contribution in [0, 0.1) is 0 Å². The van der Waals surface area contributed by atoms with Crippen LogP contribution in [0.4, 0.5) is 5.69 Å². The lowest BCUT2D eigenvalue weighted by atomic mass is 9.78. The summed E-state index contributed by atoms with van der Waals surface area (Å²) in [7, 11) is 0. The van der Waals surface area contributed by atoms with E-state index in [1.807, 2.05) is 32.0 Å². The first-order chi connectivity index (χ1) is 8.41. The number of anilines is 1. The van der Waals surface area contributed by atoms with E-state index in [4.69, 9.17) is 5.73 Å². The maximum atomic E-state index is 9.69. The van der Waals surface area contributed by atoms with Gasteiger partial charge in [-0.25, -0.2) is 0 Å². The van der Waals surface area contributed by atoms with Gasteiger partial charge in [-0.2, -0.15) is 0 Å². The number of nitrogens with two attached hydrogens (primary N) is 1. The average molecular weight is 243 g/mol. The first kappa shape index (κ1) is 12.3. The Morgan fingerprint density at radius 2 is 1.61 bits per heavy atom. The Bertz CT molecular complexity index is 576. The summed E-state index contributed by atoms with van der Waals surface area (Å²) in [5, 5.41) is 19.2. The van der Waals surface area contributed by atoms with Crippen molar-refractivity contribution in [3.05, 3.63) is 53.6 Å². The van der Waals surface area contributed by atoms with Crippen LogP contribution >= 0.6 is 0 Å². The van der Waals surface area contributed by atoms with Gasteiger partial charge >= 0.3 is 0 Å². The maximum Gasteiger partial charge on any atom is 0.138 e. The van der Waals surface area contributed by atoms with Crippen LogP contribution in [0.2, 0.25) is 0 Å². The van der Waals surface area contributed by atoms with Crippen molar-refractivity contribution in [3.63, 3.8) is 0 Å². The Morgan fingerprint density at radius 1 is 0.944 bits per heavy atom. The van der Waals surface area contributed by atoms with Crippen LogP contribution in [-0.2, 0) is 5.41 Å². The Balaban J connectivity index is 2.50. The summed E-state index contributed by atoms with van der Waals surface area (Å²) in [5.41, 5.74) is 7.58. The topological polar surface area (TPSA) is 66.5 Å². The van der Waals surface area contributed by atoms with E-state index in [1.54, 1.807) is 24.3 Å². The second kappa shape index (κ2) is 4.26. The van der Waals surface area contributed by atoms with Crippen LogP contribution in [0.25, 0.3) is 0 Å². The van der Waals surface area contributed by atoms with E-state index in [1.165, 1.54) is 0 Å². The highest BCUT2D eigenvalue weighted by atomic mass is 16.3. The summed E-state index contributed by atoms with van der Waals surface area (Å²) >= 11 is 0. The first-order valence-corrected chi connectivity index (χ1v) is 5.80. The van der Waals surface area contributed by atoms with E-state index in [2.05, 4.69) is 0 Å². The van der Waals surface area contributed by atoms with Crippen LogP contribution in [0.1, 0.15) is 25.0 Å². The molecule has 0 fully saturated rings. The monoisotopic (exact) mass is 243 g/mol. The van der Waals surface area contributed by atoms with Gasteiger partial charge in [0.15, 0.2) is 0 Å². The lowest BCUT2D eigenvalue weighted by Gasteiger charge is -2.26. The van der Waals surface area contributed by atoms with Crippen LogP contribution < -0.4 is 5.73 Å². The summed E-state index contributed by atoms with van der Waals surface area (Å²) in [6.07, 6.45) is 0. The number of phenols is 2. The Hall–Kier alpha value is -2.16. The molecular weight excluding hydrogens is 226 g/mol. The molecule has 2 rings (SSSR count). The minimum atomic E-state index is -0.316. The van der Waals surface area contributed by atoms with E-state index in [9.17, 15) is 10.2 Å². The van der Waals surface area contributed by atoms with Crippen LogP contribution in [0.15, 0.2) is 42.5 Å². The summed E-state index contributed by atoms with van der Waals surface area (Å²) in [6, 6.07) is 12.4. The Labute approximate surface area is 107 Å². The molecule has 2 aromatic carbocycles. The van der Waals surface area contributed by atoms with E-state index >= 15 is 0 Å². The molecule has 0 spiro atoms. The summed E-state index contributed by atoms with van der Waals surface area (Å²) in [5.74, 6) is 0.320. The molecule has 0 bridgehead atoms. The third-order valence-corrected chi connectivity index (χ3v) is 3.32. The van der Waals surface area contributed by atoms with Crippen molar-refractivity contribution >= 4 is 5.69 Å². The van der Waals surface area contributed by atoms with Crippen LogP contribution in [-0.4, -0.2) is 10.2 Å². The second-order valence-corrected chi connectivity index (χ2v) is 4.95. The average Bonchev–Trinajstić information content (AvgIpc) is 2.32. The summed E-state index contributed by atoms with van der Waals surface area (Å²) in [6.45, 7) is 4.07. The third-order valence-electron chi connectivity index (χ3n) is 3.32. The third kappa shape index (κ3) is 2.12. The lowest BCUT2D eigenvalue weighted by molar-refractivity contribution is 0.471. The highest BCUT2D eigenvalue weighted by Crippen LogP contribution is 2.35. The van der Waals surface area contributed by atoms with Gasteiger partial charge in [0.2, 0.25) is 0 Å². The predicted octanol–water partition coefficient (Wildman–Crippen LogP) is 3.01. The van der Waals surface area contributed by atoms with E-state index < -0.39 is 0 Å². The summed E-state index contributed by atoms with van der Waals surface area (Å²) in [4.78, 5) is 0. The maximum absolute atomic E-state index is 9.69. The number of nitrogen functional groups attached to an aromatic ring is 1. The molecule has 0 aliphatic heterocycles. The molecule has 2 aromatic rings. The van der Waals surface area contributed by atoms with Gasteiger partial charge in [0.25, 0.3) is 0 Å². The fraction of sp³-hybridized carbons (Fsp3) is 0.200. The molecule has 4 N–H and O–H groups in total. The van der Waals surface area contributed by atoms with Crippen molar-refractivity contribution in [3.8, 4) is 11.5 Å². The van der Waals surface area contributed by atoms with Crippen LogP contribution in [0.3, 0.4) is 0 Å². The van der Waals surface area contributed by atoms with Gasteiger partial charge in [-0.05, 0) is 35.4 Å². The molecule has 0 unspecified atom stereocenters. The molecule has 0 radical (unpaired) electrons. The molecule has 0 aliphatic rings. The lowest BCUT2D eigenvalue weighted by Crippen LogP contribution is -2.18. The van der Waals surface area contributed by atoms with Gasteiger partial charge < -0.3 is 15.9 Å². The van der Waals surface area contributed by atoms with Gasteiger partial charge in [0.1, 0.15) is 11.5 Å². The molecule has 3 nitrogen and oxygen atoms in total. The smallest absolute Gasteiger partial charge is 0.138 e. The van der Waals surface area contributed by atoms with Crippen molar-refractivity contribution in [2.75, 3.05) is 5.73 Å². The molecular formula is C15H17NO2. The fourth-order valence-electron chi connectivity index (χ4n) is 1.99. The van der Waals surface area contributed by atoms with Crippen molar-refractivity contribution in [1.29, 1.82) is 0 Å². The number of benzene rings is 2. The quantitative estimate of drug-likeness (QED) is 0.561. The number of hydrogen-bond acceptors (Lipinski definition) is 3. The van der Waals surface area contributed by atoms with Gasteiger partial charge in [-0.1, -0.05) is 32.0 Å². The zero-order valence-electron chi connectivity index (χ0n) is 10.5. The molecule has 18 heavy (non-hydrogen) atoms. The molecule has 0 saturated carbocycles. The van der Waals surface area contributed by atoms with Crippen molar-refractivity contribution in [1.82, 2.24) is 0 Å². The standard InChI is InChI=1S/C15H17NO2/c1-15(2,10-4-3-5-12(17)8-10)11-6-7-13(16)14(18)9-11/h3-9,17-18H,16H2,1-2H3. The molecule has 0 heterocycles. The SMILES string of the molecule is CC(C)(c1cccc(O)c1)c1ccc(N)c(O)c1. The van der Waals surface area contributed by atoms with Gasteiger partial charge in [0.05, 0.1) is 5.69 Å². The number of aromatic hydroxyl groups is 2. The molecule has 0 amide bonds. The predicted molar refractivity (Wildman–Crippen MR) is 72.8 cm³/mol. The second-order valence-electron chi connectivity index (χ2n) is 4.95. The minimum Gasteiger partial charge on any atom is -0.508 e. The van der Waals surface area contributed by atoms with Crippen LogP contribution in [0.5, 0.6) is 11.5 Å². The zero-order valence-corrected chi connectivity index (χ0v) is 10.5. The molecule has 0 aliphatic carbocycles. The largest absolute Gasteiger partial charge is 0.508 e. The molecule has 94 valence electrons. The normalized spacial score (nSPS) is 11.4. The zero-order chi connectivity index (χ0) is 13.3. The Morgan fingerprint density at radius 3 is 2.22 bits per heavy atom. The number of hydrogen-bond donors (Lipinski definition) is 3. The number of rotatable bonds is 2. The Kier molecular flexibility index (Phi) is 2.91. The number of phenolic OH excluding ortho intramolecular Hbond substituents is 2. The fourth-order valence-corrected chi connectivity index (χ4v) is 1.99. The van der Waals surface area contributed by atoms with Crippen molar-refractivity contribution < 1.29 is 10.2 Å². The molecule has 0 atom stereocenters. The van der Waals surface area contributed by atoms with Gasteiger partial charge in [-0.15, -0.1) is 0 Å². The first-order valence-electron chi connectivity index (χ1n) is 5.80. The van der Waals surface area contributed by atoms with E-state index in [0.29, 0.717) is 5.69 Å². The van der Waals surface area contributed by atoms with Crippen molar-refractivity contribution in [2.45, 2.75) is 19.3 Å². The van der Waals surface area contributed by atoms with E-state index in [0.717, 1.165) is 11.1 Å². The van der Waals surface area contributed by atoms with Gasteiger partial charge in [-0.3, -0.25) is 0 Å². The highest BCUT2D eigenvalue weighted by molar-refractivity contribution is 5.55. The molecule has 3 heteroatoms. The highest BCUT2D eigenvalue weighted by Gasteiger charge is 2.24. The van der Waals surface area contributed by atoms with Gasteiger partial charge in [0, 0.05) is 5.41 Å². The minimum absolute atomic E-state index is 0.0840.